The maximum absolute atomic E-state index is 5.29. The summed E-state index contributed by atoms with van der Waals surface area (Å²) in [6.45, 7) is 12.8. The zero-order valence-corrected chi connectivity index (χ0v) is 13.0. The number of anilines is 1. The van der Waals surface area contributed by atoms with Gasteiger partial charge in [0.1, 0.15) is 0 Å². The maximum Gasteiger partial charge on any atom is 0.171 e. The summed E-state index contributed by atoms with van der Waals surface area (Å²) < 4.78 is 0. The summed E-state index contributed by atoms with van der Waals surface area (Å²) in [4.78, 5) is 0. The van der Waals surface area contributed by atoms with Gasteiger partial charge in [-0.25, -0.2) is 0 Å². The molecule has 0 heterocycles. The minimum Gasteiger partial charge on any atom is -0.358 e. The number of hydrogen-bond donors (Lipinski definition) is 2. The first-order chi connectivity index (χ1) is 8.19. The molecular formula is C15H24N2S. The van der Waals surface area contributed by atoms with Crippen LogP contribution in [0.4, 0.5) is 5.69 Å². The Morgan fingerprint density at radius 1 is 1.22 bits per heavy atom. The standard InChI is InChI=1S/C15H24N2S/c1-10(2)13-8-7-12(9-11(13)3)16-14(18)17-15(4,5)6/h7-10H,1-6H3,(H2,16,17,18). The van der Waals surface area contributed by atoms with Crippen molar-refractivity contribution in [1.82, 2.24) is 5.32 Å². The van der Waals surface area contributed by atoms with Crippen LogP contribution < -0.4 is 10.6 Å². The van der Waals surface area contributed by atoms with Gasteiger partial charge in [0.15, 0.2) is 5.11 Å². The van der Waals surface area contributed by atoms with Crippen LogP contribution in [0.1, 0.15) is 51.7 Å². The van der Waals surface area contributed by atoms with Crippen LogP contribution in [-0.4, -0.2) is 10.7 Å². The molecule has 0 radical (unpaired) electrons. The first-order valence-corrected chi connectivity index (χ1v) is 6.79. The molecule has 0 amide bonds. The van der Waals surface area contributed by atoms with E-state index in [1.54, 1.807) is 0 Å². The van der Waals surface area contributed by atoms with Gasteiger partial charge in [-0.3, -0.25) is 0 Å². The smallest absolute Gasteiger partial charge is 0.171 e. The highest BCUT2D eigenvalue weighted by molar-refractivity contribution is 7.80. The SMILES string of the molecule is Cc1cc(NC(=S)NC(C)(C)C)ccc1C(C)C. The van der Waals surface area contributed by atoms with Crippen LogP contribution in [0.15, 0.2) is 18.2 Å². The Balaban J connectivity index is 2.75. The van der Waals surface area contributed by atoms with Crippen molar-refractivity contribution < 1.29 is 0 Å². The van der Waals surface area contributed by atoms with Gasteiger partial charge in [-0.2, -0.15) is 0 Å². The number of rotatable bonds is 2. The molecule has 1 aromatic carbocycles. The molecule has 100 valence electrons. The number of thiocarbonyl (C=S) groups is 1. The second kappa shape index (κ2) is 5.70. The number of nitrogens with one attached hydrogen (secondary N) is 2. The molecule has 0 aliphatic carbocycles. The molecule has 18 heavy (non-hydrogen) atoms. The summed E-state index contributed by atoms with van der Waals surface area (Å²) in [6, 6.07) is 6.40. The van der Waals surface area contributed by atoms with E-state index in [0.29, 0.717) is 11.0 Å². The van der Waals surface area contributed by atoms with Gasteiger partial charge in [-0.15, -0.1) is 0 Å². The van der Waals surface area contributed by atoms with E-state index < -0.39 is 0 Å². The van der Waals surface area contributed by atoms with Gasteiger partial charge in [0.05, 0.1) is 0 Å². The van der Waals surface area contributed by atoms with Gasteiger partial charge in [-0.1, -0.05) is 19.9 Å². The third-order valence-corrected chi connectivity index (χ3v) is 2.84. The van der Waals surface area contributed by atoms with Crippen molar-refractivity contribution in [3.8, 4) is 0 Å². The molecule has 0 fully saturated rings. The summed E-state index contributed by atoms with van der Waals surface area (Å²) in [5.74, 6) is 0.554. The molecule has 0 spiro atoms. The third-order valence-electron chi connectivity index (χ3n) is 2.64. The van der Waals surface area contributed by atoms with E-state index in [9.17, 15) is 0 Å². The predicted octanol–water partition coefficient (Wildman–Crippen LogP) is 4.20. The van der Waals surface area contributed by atoms with Crippen LogP contribution in [0.25, 0.3) is 0 Å². The largest absolute Gasteiger partial charge is 0.358 e. The monoisotopic (exact) mass is 264 g/mol. The van der Waals surface area contributed by atoms with Crippen LogP contribution in [0.5, 0.6) is 0 Å². The average Bonchev–Trinajstić information content (AvgIpc) is 2.13. The van der Waals surface area contributed by atoms with Crippen LogP contribution in [0, 0.1) is 6.92 Å². The quantitative estimate of drug-likeness (QED) is 0.783. The summed E-state index contributed by atoms with van der Waals surface area (Å²) in [7, 11) is 0. The Hall–Kier alpha value is -1.09. The lowest BCUT2D eigenvalue weighted by Gasteiger charge is -2.23. The second-order valence-corrected chi connectivity index (χ2v) is 6.46. The molecule has 0 saturated carbocycles. The summed E-state index contributed by atoms with van der Waals surface area (Å²) in [5.41, 5.74) is 3.71. The van der Waals surface area contributed by atoms with E-state index >= 15 is 0 Å². The zero-order valence-electron chi connectivity index (χ0n) is 12.2. The molecule has 1 aromatic rings. The Kier molecular flexibility index (Phi) is 4.74. The van der Waals surface area contributed by atoms with Crippen molar-refractivity contribution in [1.29, 1.82) is 0 Å². The van der Waals surface area contributed by atoms with Crippen LogP contribution in [-0.2, 0) is 0 Å². The van der Waals surface area contributed by atoms with Crippen molar-refractivity contribution >= 4 is 23.0 Å². The predicted molar refractivity (Wildman–Crippen MR) is 84.4 cm³/mol. The number of aryl methyl sites for hydroxylation is 1. The zero-order chi connectivity index (χ0) is 13.9. The van der Waals surface area contributed by atoms with Crippen LogP contribution in [0.3, 0.4) is 0 Å². The average molecular weight is 264 g/mol. The molecule has 0 unspecified atom stereocenters. The molecule has 0 aliphatic rings. The summed E-state index contributed by atoms with van der Waals surface area (Å²) >= 11 is 5.29. The van der Waals surface area contributed by atoms with E-state index in [-0.39, 0.29) is 5.54 Å². The molecule has 0 aromatic heterocycles. The van der Waals surface area contributed by atoms with Crippen molar-refractivity contribution in [2.24, 2.45) is 0 Å². The Morgan fingerprint density at radius 3 is 2.28 bits per heavy atom. The fraction of sp³-hybridized carbons (Fsp3) is 0.533. The Bertz CT molecular complexity index is 431. The molecule has 2 nitrogen and oxygen atoms in total. The molecule has 1 rings (SSSR count). The van der Waals surface area contributed by atoms with Gasteiger partial charge in [0.2, 0.25) is 0 Å². The van der Waals surface area contributed by atoms with Gasteiger partial charge in [0.25, 0.3) is 0 Å². The topological polar surface area (TPSA) is 24.1 Å². The van der Waals surface area contributed by atoms with Crippen molar-refractivity contribution in [3.05, 3.63) is 29.3 Å². The van der Waals surface area contributed by atoms with Gasteiger partial charge in [0, 0.05) is 11.2 Å². The first kappa shape index (κ1) is 15.0. The molecule has 0 saturated heterocycles. The molecule has 3 heteroatoms. The van der Waals surface area contributed by atoms with E-state index in [1.165, 1.54) is 11.1 Å². The molecule has 2 N–H and O–H groups in total. The van der Waals surface area contributed by atoms with E-state index in [0.717, 1.165) is 5.69 Å². The van der Waals surface area contributed by atoms with E-state index in [2.05, 4.69) is 70.4 Å². The van der Waals surface area contributed by atoms with Crippen molar-refractivity contribution in [2.75, 3.05) is 5.32 Å². The van der Waals surface area contributed by atoms with E-state index in [4.69, 9.17) is 12.2 Å². The normalized spacial score (nSPS) is 11.5. The Morgan fingerprint density at radius 2 is 1.83 bits per heavy atom. The Labute approximate surface area is 116 Å². The molecular weight excluding hydrogens is 240 g/mol. The van der Waals surface area contributed by atoms with Gasteiger partial charge in [-0.05, 0) is 69.1 Å². The minimum atomic E-state index is -0.0169. The maximum atomic E-state index is 5.29. The van der Waals surface area contributed by atoms with Crippen LogP contribution >= 0.6 is 12.2 Å². The highest BCUT2D eigenvalue weighted by atomic mass is 32.1. The van der Waals surface area contributed by atoms with Crippen molar-refractivity contribution in [3.63, 3.8) is 0 Å². The number of hydrogen-bond acceptors (Lipinski definition) is 1. The first-order valence-electron chi connectivity index (χ1n) is 6.39. The number of benzene rings is 1. The lowest BCUT2D eigenvalue weighted by Crippen LogP contribution is -2.42. The summed E-state index contributed by atoms with van der Waals surface area (Å²) in [6.07, 6.45) is 0. The van der Waals surface area contributed by atoms with Gasteiger partial charge < -0.3 is 10.6 Å². The second-order valence-electron chi connectivity index (χ2n) is 6.06. The lowest BCUT2D eigenvalue weighted by atomic mass is 9.98. The summed E-state index contributed by atoms with van der Waals surface area (Å²) in [5, 5.41) is 7.14. The fourth-order valence-corrected chi connectivity index (χ4v) is 2.33. The van der Waals surface area contributed by atoms with Crippen LogP contribution in [0.2, 0.25) is 0 Å². The third kappa shape index (κ3) is 4.65. The van der Waals surface area contributed by atoms with Gasteiger partial charge >= 0.3 is 0 Å². The minimum absolute atomic E-state index is 0.0169. The van der Waals surface area contributed by atoms with Crippen molar-refractivity contribution in [2.45, 2.75) is 53.0 Å². The molecule has 0 atom stereocenters. The molecule has 0 bridgehead atoms. The fourth-order valence-electron chi connectivity index (χ4n) is 1.90. The lowest BCUT2D eigenvalue weighted by molar-refractivity contribution is 0.515. The van der Waals surface area contributed by atoms with E-state index in [1.807, 2.05) is 0 Å². The highest BCUT2D eigenvalue weighted by Gasteiger charge is 2.11. The molecule has 0 aliphatic heterocycles. The highest BCUT2D eigenvalue weighted by Crippen LogP contribution is 2.22.